The third-order valence-corrected chi connectivity index (χ3v) is 5.90. The van der Waals surface area contributed by atoms with Gasteiger partial charge in [0.05, 0.1) is 5.02 Å². The minimum absolute atomic E-state index is 0.0104. The van der Waals surface area contributed by atoms with E-state index in [0.29, 0.717) is 35.5 Å². The minimum atomic E-state index is 0.0104. The van der Waals surface area contributed by atoms with Crippen molar-refractivity contribution in [2.75, 3.05) is 31.1 Å². The smallest absolute Gasteiger partial charge is 0.253 e. The van der Waals surface area contributed by atoms with E-state index in [1.807, 2.05) is 60.4 Å². The topological polar surface area (TPSA) is 75.4 Å². The number of pyridine rings is 1. The molecule has 166 valence electrons. The first-order valence-corrected chi connectivity index (χ1v) is 11.1. The summed E-state index contributed by atoms with van der Waals surface area (Å²) in [6.07, 6.45) is 1.64. The fourth-order valence-electron chi connectivity index (χ4n) is 3.87. The van der Waals surface area contributed by atoms with Crippen molar-refractivity contribution in [2.45, 2.75) is 6.92 Å². The average molecular weight is 460 g/mol. The summed E-state index contributed by atoms with van der Waals surface area (Å²) in [5, 5.41) is 8.94. The van der Waals surface area contributed by atoms with E-state index in [1.54, 1.807) is 18.3 Å². The number of hydrogen-bond acceptors (Lipinski definition) is 6. The van der Waals surface area contributed by atoms with Gasteiger partial charge in [0.15, 0.2) is 0 Å². The molecule has 33 heavy (non-hydrogen) atoms. The van der Waals surface area contributed by atoms with Crippen molar-refractivity contribution in [3.63, 3.8) is 0 Å². The van der Waals surface area contributed by atoms with Crippen molar-refractivity contribution in [3.05, 3.63) is 83.0 Å². The molecule has 8 heteroatoms. The van der Waals surface area contributed by atoms with Gasteiger partial charge in [-0.2, -0.15) is 0 Å². The molecule has 2 aromatic heterocycles. The molecule has 1 fully saturated rings. The number of halogens is 1. The molecule has 7 nitrogen and oxygen atoms in total. The Bertz CT molecular complexity index is 1260. The third-order valence-electron chi connectivity index (χ3n) is 5.67. The molecule has 0 spiro atoms. The quantitative estimate of drug-likeness (QED) is 0.439. The van der Waals surface area contributed by atoms with E-state index in [9.17, 15) is 4.79 Å². The van der Waals surface area contributed by atoms with Gasteiger partial charge >= 0.3 is 0 Å². The number of aromatic nitrogens is 3. The van der Waals surface area contributed by atoms with Crippen molar-refractivity contribution < 1.29 is 9.21 Å². The summed E-state index contributed by atoms with van der Waals surface area (Å²) < 4.78 is 5.85. The Labute approximate surface area is 196 Å². The highest BCUT2D eigenvalue weighted by Gasteiger charge is 2.23. The van der Waals surface area contributed by atoms with E-state index in [4.69, 9.17) is 16.0 Å². The van der Waals surface area contributed by atoms with E-state index in [-0.39, 0.29) is 5.91 Å². The Kier molecular flexibility index (Phi) is 5.79. The number of piperazine rings is 1. The molecule has 2 aromatic carbocycles. The highest BCUT2D eigenvalue weighted by Crippen LogP contribution is 2.25. The summed E-state index contributed by atoms with van der Waals surface area (Å²) in [5.41, 5.74) is 3.42. The molecule has 0 N–H and O–H groups in total. The van der Waals surface area contributed by atoms with Crippen LogP contribution in [-0.2, 0) is 0 Å². The number of anilines is 1. The summed E-state index contributed by atoms with van der Waals surface area (Å²) in [7, 11) is 0. The van der Waals surface area contributed by atoms with Crippen LogP contribution in [0.25, 0.3) is 22.9 Å². The first-order chi connectivity index (χ1) is 16.1. The van der Waals surface area contributed by atoms with Crippen molar-refractivity contribution in [2.24, 2.45) is 0 Å². The van der Waals surface area contributed by atoms with Crippen LogP contribution in [0.5, 0.6) is 0 Å². The molecule has 0 radical (unpaired) electrons. The van der Waals surface area contributed by atoms with E-state index in [1.165, 1.54) is 0 Å². The van der Waals surface area contributed by atoms with Crippen LogP contribution in [0.2, 0.25) is 5.02 Å². The van der Waals surface area contributed by atoms with Gasteiger partial charge in [-0.3, -0.25) is 4.79 Å². The summed E-state index contributed by atoms with van der Waals surface area (Å²) in [6, 6.07) is 18.9. The second kappa shape index (κ2) is 9.03. The Hall–Kier alpha value is -3.71. The normalized spacial score (nSPS) is 13.9. The molecule has 1 aliphatic rings. The highest BCUT2D eigenvalue weighted by molar-refractivity contribution is 6.30. The molecule has 1 aliphatic heterocycles. The maximum absolute atomic E-state index is 13.0. The standard InChI is InChI=1S/C25H22ClN5O2/c1-17-3-2-4-20(15-17)24-29-28-23(33-24)18-5-7-19(8-6-18)25(32)31-13-11-30(12-14-31)22-10-9-21(26)16-27-22/h2-10,15-16H,11-14H2,1H3. The van der Waals surface area contributed by atoms with Crippen LogP contribution in [0, 0.1) is 6.92 Å². The van der Waals surface area contributed by atoms with E-state index < -0.39 is 0 Å². The van der Waals surface area contributed by atoms with Gasteiger partial charge in [0.25, 0.3) is 5.91 Å². The predicted molar refractivity (Wildman–Crippen MR) is 127 cm³/mol. The van der Waals surface area contributed by atoms with Crippen LogP contribution < -0.4 is 4.90 Å². The number of rotatable bonds is 4. The van der Waals surface area contributed by atoms with Gasteiger partial charge < -0.3 is 14.2 Å². The van der Waals surface area contributed by atoms with E-state index in [0.717, 1.165) is 35.6 Å². The zero-order valence-corrected chi connectivity index (χ0v) is 18.9. The van der Waals surface area contributed by atoms with Gasteiger partial charge in [0.1, 0.15) is 5.82 Å². The number of hydrogen-bond donors (Lipinski definition) is 0. The number of amides is 1. The molecular weight excluding hydrogens is 438 g/mol. The molecule has 5 rings (SSSR count). The number of carbonyl (C=O) groups is 1. The van der Waals surface area contributed by atoms with Gasteiger partial charge in [-0.25, -0.2) is 4.98 Å². The van der Waals surface area contributed by atoms with Crippen LogP contribution in [-0.4, -0.2) is 52.2 Å². The molecule has 0 bridgehead atoms. The predicted octanol–water partition coefficient (Wildman–Crippen LogP) is 4.72. The molecule has 3 heterocycles. The van der Waals surface area contributed by atoms with Crippen LogP contribution in [0.1, 0.15) is 15.9 Å². The lowest BCUT2D eigenvalue weighted by molar-refractivity contribution is 0.0746. The lowest BCUT2D eigenvalue weighted by Crippen LogP contribution is -2.49. The van der Waals surface area contributed by atoms with Crippen molar-refractivity contribution in [3.8, 4) is 22.9 Å². The largest absolute Gasteiger partial charge is 0.416 e. The third kappa shape index (κ3) is 4.59. The second-order valence-corrected chi connectivity index (χ2v) is 8.41. The maximum atomic E-state index is 13.0. The van der Waals surface area contributed by atoms with Gasteiger partial charge in [-0.05, 0) is 55.5 Å². The van der Waals surface area contributed by atoms with Gasteiger partial charge in [-0.1, -0.05) is 29.3 Å². The van der Waals surface area contributed by atoms with Crippen LogP contribution in [0.3, 0.4) is 0 Å². The SMILES string of the molecule is Cc1cccc(-c2nnc(-c3ccc(C(=O)N4CCN(c5ccc(Cl)cn5)CC4)cc3)o2)c1. The second-order valence-electron chi connectivity index (χ2n) is 7.97. The fraction of sp³-hybridized carbons (Fsp3) is 0.200. The molecule has 0 atom stereocenters. The molecular formula is C25H22ClN5O2. The number of carbonyl (C=O) groups excluding carboxylic acids is 1. The molecule has 1 amide bonds. The Morgan fingerprint density at radius 3 is 2.30 bits per heavy atom. The number of nitrogens with zero attached hydrogens (tertiary/aromatic N) is 5. The van der Waals surface area contributed by atoms with E-state index >= 15 is 0 Å². The molecule has 0 saturated carbocycles. The lowest BCUT2D eigenvalue weighted by atomic mass is 10.1. The zero-order chi connectivity index (χ0) is 22.8. The molecule has 0 unspecified atom stereocenters. The molecule has 1 saturated heterocycles. The van der Waals surface area contributed by atoms with Gasteiger partial charge in [-0.15, -0.1) is 10.2 Å². The van der Waals surface area contributed by atoms with Gasteiger partial charge in [0.2, 0.25) is 11.8 Å². The van der Waals surface area contributed by atoms with Crippen LogP contribution in [0.15, 0.2) is 71.3 Å². The zero-order valence-electron chi connectivity index (χ0n) is 18.1. The summed E-state index contributed by atoms with van der Waals surface area (Å²) in [4.78, 5) is 21.4. The number of aryl methyl sites for hydroxylation is 1. The van der Waals surface area contributed by atoms with Crippen molar-refractivity contribution in [1.29, 1.82) is 0 Å². The van der Waals surface area contributed by atoms with Crippen LogP contribution >= 0.6 is 11.6 Å². The van der Waals surface area contributed by atoms with Gasteiger partial charge in [0, 0.05) is 49.1 Å². The monoisotopic (exact) mass is 459 g/mol. The summed E-state index contributed by atoms with van der Waals surface area (Å²) >= 11 is 5.92. The maximum Gasteiger partial charge on any atom is 0.253 e. The number of benzene rings is 2. The lowest BCUT2D eigenvalue weighted by Gasteiger charge is -2.35. The molecule has 4 aromatic rings. The Balaban J connectivity index is 1.24. The van der Waals surface area contributed by atoms with Crippen molar-refractivity contribution in [1.82, 2.24) is 20.1 Å². The fourth-order valence-corrected chi connectivity index (χ4v) is 3.98. The molecule has 0 aliphatic carbocycles. The minimum Gasteiger partial charge on any atom is -0.416 e. The first kappa shape index (κ1) is 21.2. The summed E-state index contributed by atoms with van der Waals surface area (Å²) in [5.74, 6) is 1.79. The van der Waals surface area contributed by atoms with E-state index in [2.05, 4.69) is 20.1 Å². The van der Waals surface area contributed by atoms with Crippen molar-refractivity contribution >= 4 is 23.3 Å². The highest BCUT2D eigenvalue weighted by atomic mass is 35.5. The first-order valence-electron chi connectivity index (χ1n) is 10.7. The van der Waals surface area contributed by atoms with Crippen LogP contribution in [0.4, 0.5) is 5.82 Å². The average Bonchev–Trinajstić information content (AvgIpc) is 3.35. The Morgan fingerprint density at radius 2 is 1.64 bits per heavy atom. The Morgan fingerprint density at radius 1 is 0.909 bits per heavy atom. The summed E-state index contributed by atoms with van der Waals surface area (Å²) in [6.45, 7) is 4.73.